The van der Waals surface area contributed by atoms with Gasteiger partial charge >= 0.3 is 0 Å². The fourth-order valence-corrected chi connectivity index (χ4v) is 7.93. The number of phenols is 2. The molecule has 2 N–H and O–H groups in total. The van der Waals surface area contributed by atoms with Crippen LogP contribution in [0, 0.1) is 5.92 Å². The molecule has 0 aromatic heterocycles. The molecule has 1 fully saturated rings. The SMILES string of the molecule is CCCCCCCc1cc(C(C)(C)C)c(O)c(C(C)(C)CCC(C)(C)c2cc(C3CCC(CCC)CC3)cc(C(C)(C)C)c2O)c1. The molecule has 46 heavy (non-hydrogen) atoms. The zero-order chi connectivity index (χ0) is 34.5. The van der Waals surface area contributed by atoms with Crippen LogP contribution in [0.5, 0.6) is 11.5 Å². The van der Waals surface area contributed by atoms with Gasteiger partial charge in [0.1, 0.15) is 11.5 Å². The van der Waals surface area contributed by atoms with E-state index in [1.54, 1.807) is 0 Å². The van der Waals surface area contributed by atoms with E-state index < -0.39 is 0 Å². The normalized spacial score (nSPS) is 18.3. The Bertz CT molecular complexity index is 1260. The molecule has 0 aliphatic heterocycles. The number of hydrogen-bond donors (Lipinski definition) is 2. The lowest BCUT2D eigenvalue weighted by Gasteiger charge is -2.36. The second-order valence-electron chi connectivity index (χ2n) is 18.4. The van der Waals surface area contributed by atoms with E-state index in [0.717, 1.165) is 47.4 Å². The van der Waals surface area contributed by atoms with Crippen LogP contribution < -0.4 is 0 Å². The Morgan fingerprint density at radius 3 is 1.52 bits per heavy atom. The van der Waals surface area contributed by atoms with Crippen molar-refractivity contribution in [2.24, 2.45) is 5.92 Å². The molecule has 2 nitrogen and oxygen atoms in total. The van der Waals surface area contributed by atoms with Crippen molar-refractivity contribution in [3.05, 3.63) is 57.6 Å². The summed E-state index contributed by atoms with van der Waals surface area (Å²) in [6, 6.07) is 9.29. The summed E-state index contributed by atoms with van der Waals surface area (Å²) in [5.74, 6) is 2.43. The van der Waals surface area contributed by atoms with Gasteiger partial charge in [0.2, 0.25) is 0 Å². The molecule has 260 valence electrons. The van der Waals surface area contributed by atoms with Gasteiger partial charge in [-0.25, -0.2) is 0 Å². The minimum atomic E-state index is -0.212. The highest BCUT2D eigenvalue weighted by Crippen LogP contribution is 2.48. The van der Waals surface area contributed by atoms with Crippen LogP contribution in [-0.4, -0.2) is 10.2 Å². The number of rotatable bonds is 14. The van der Waals surface area contributed by atoms with Crippen LogP contribution in [-0.2, 0) is 28.1 Å². The van der Waals surface area contributed by atoms with Crippen molar-refractivity contribution in [2.45, 2.75) is 201 Å². The van der Waals surface area contributed by atoms with Crippen LogP contribution in [0.1, 0.15) is 206 Å². The summed E-state index contributed by atoms with van der Waals surface area (Å²) in [4.78, 5) is 0. The quantitative estimate of drug-likeness (QED) is 0.203. The van der Waals surface area contributed by atoms with E-state index >= 15 is 0 Å². The molecule has 0 atom stereocenters. The van der Waals surface area contributed by atoms with Crippen molar-refractivity contribution in [3.8, 4) is 11.5 Å². The summed E-state index contributed by atoms with van der Waals surface area (Å²) in [5, 5.41) is 23.6. The van der Waals surface area contributed by atoms with Gasteiger partial charge < -0.3 is 10.2 Å². The van der Waals surface area contributed by atoms with Gasteiger partial charge in [-0.05, 0) is 107 Å². The maximum atomic E-state index is 11.8. The Balaban J connectivity index is 1.93. The predicted octanol–water partition coefficient (Wildman–Crippen LogP) is 13.3. The molecule has 1 aliphatic rings. The molecule has 0 heterocycles. The average Bonchev–Trinajstić information content (AvgIpc) is 2.96. The largest absolute Gasteiger partial charge is 0.507 e. The molecule has 0 unspecified atom stereocenters. The van der Waals surface area contributed by atoms with Crippen LogP contribution in [0.25, 0.3) is 0 Å². The van der Waals surface area contributed by atoms with Crippen LogP contribution in [0.4, 0.5) is 0 Å². The standard InChI is InChI=1S/C44H72O2/c1-13-15-16-17-18-20-32-27-35(41(3,4)5)39(45)37(28-32)43(9,10)25-26-44(11,12)38-30-34(29-36(40(38)46)42(6,7)8)33-23-21-31(19-14-2)22-24-33/h27-31,33,45-46H,13-26H2,1-12H3. The third-order valence-corrected chi connectivity index (χ3v) is 11.3. The van der Waals surface area contributed by atoms with Gasteiger partial charge in [0, 0.05) is 11.1 Å². The lowest BCUT2D eigenvalue weighted by Crippen LogP contribution is -2.27. The Hall–Kier alpha value is -1.96. The maximum absolute atomic E-state index is 11.8. The second-order valence-corrected chi connectivity index (χ2v) is 18.4. The molecule has 1 saturated carbocycles. The summed E-state index contributed by atoms with van der Waals surface area (Å²) < 4.78 is 0. The van der Waals surface area contributed by atoms with Crippen LogP contribution in [0.15, 0.2) is 24.3 Å². The molecular weight excluding hydrogens is 560 g/mol. The van der Waals surface area contributed by atoms with E-state index in [2.05, 4.69) is 107 Å². The van der Waals surface area contributed by atoms with Crippen molar-refractivity contribution in [1.82, 2.24) is 0 Å². The molecule has 0 saturated heterocycles. The number of benzene rings is 2. The van der Waals surface area contributed by atoms with Gasteiger partial charge in [0.05, 0.1) is 0 Å². The fraction of sp³-hybridized carbons (Fsp3) is 0.727. The van der Waals surface area contributed by atoms with Crippen molar-refractivity contribution < 1.29 is 10.2 Å². The van der Waals surface area contributed by atoms with Crippen molar-refractivity contribution in [2.75, 3.05) is 0 Å². The smallest absolute Gasteiger partial charge is 0.123 e. The van der Waals surface area contributed by atoms with Gasteiger partial charge in [0.25, 0.3) is 0 Å². The number of aromatic hydroxyl groups is 2. The monoisotopic (exact) mass is 633 g/mol. The number of unbranched alkanes of at least 4 members (excludes halogenated alkanes) is 4. The van der Waals surface area contributed by atoms with E-state index in [-0.39, 0.29) is 21.7 Å². The maximum Gasteiger partial charge on any atom is 0.123 e. The molecule has 0 amide bonds. The molecule has 0 radical (unpaired) electrons. The summed E-state index contributed by atoms with van der Waals surface area (Å²) in [7, 11) is 0. The molecule has 3 rings (SSSR count). The zero-order valence-electron chi connectivity index (χ0n) is 32.3. The number of aryl methyl sites for hydroxylation is 1. The van der Waals surface area contributed by atoms with Crippen LogP contribution in [0.2, 0.25) is 0 Å². The number of hydrogen-bond acceptors (Lipinski definition) is 2. The molecule has 2 heteroatoms. The van der Waals surface area contributed by atoms with E-state index in [1.165, 1.54) is 81.8 Å². The van der Waals surface area contributed by atoms with E-state index in [9.17, 15) is 10.2 Å². The predicted molar refractivity (Wildman–Crippen MR) is 201 cm³/mol. The minimum Gasteiger partial charge on any atom is -0.507 e. The number of phenolic OH excluding ortho intramolecular Hbond substituents is 2. The van der Waals surface area contributed by atoms with Crippen molar-refractivity contribution in [1.29, 1.82) is 0 Å². The topological polar surface area (TPSA) is 40.5 Å². The zero-order valence-corrected chi connectivity index (χ0v) is 32.3. The molecule has 0 spiro atoms. The first kappa shape index (κ1) is 38.5. The Morgan fingerprint density at radius 2 is 1.02 bits per heavy atom. The lowest BCUT2D eigenvalue weighted by atomic mass is 9.69. The van der Waals surface area contributed by atoms with Crippen LogP contribution >= 0.6 is 0 Å². The highest BCUT2D eigenvalue weighted by atomic mass is 16.3. The minimum absolute atomic E-state index is 0.127. The summed E-state index contributed by atoms with van der Waals surface area (Å²) >= 11 is 0. The fourth-order valence-electron chi connectivity index (χ4n) is 7.93. The van der Waals surface area contributed by atoms with Gasteiger partial charge in [-0.3, -0.25) is 0 Å². The Morgan fingerprint density at radius 1 is 0.565 bits per heavy atom. The van der Waals surface area contributed by atoms with E-state index in [4.69, 9.17) is 0 Å². The second kappa shape index (κ2) is 15.5. The first-order valence-corrected chi connectivity index (χ1v) is 19.1. The summed E-state index contributed by atoms with van der Waals surface area (Å²) in [5.41, 5.74) is 6.44. The van der Waals surface area contributed by atoms with E-state index in [1.807, 2.05) is 0 Å². The Kier molecular flexibility index (Phi) is 13.0. The highest BCUT2D eigenvalue weighted by molar-refractivity contribution is 5.52. The summed E-state index contributed by atoms with van der Waals surface area (Å²) in [6.07, 6.45) is 17.1. The average molecular weight is 633 g/mol. The van der Waals surface area contributed by atoms with Gasteiger partial charge in [-0.15, -0.1) is 0 Å². The van der Waals surface area contributed by atoms with Crippen LogP contribution in [0.3, 0.4) is 0 Å². The molecule has 2 aromatic carbocycles. The molecule has 1 aliphatic carbocycles. The van der Waals surface area contributed by atoms with Crippen molar-refractivity contribution in [3.63, 3.8) is 0 Å². The molecule has 0 bridgehead atoms. The summed E-state index contributed by atoms with van der Waals surface area (Å²) in [6.45, 7) is 27.2. The lowest BCUT2D eigenvalue weighted by molar-refractivity contribution is 0.307. The first-order valence-electron chi connectivity index (χ1n) is 19.1. The van der Waals surface area contributed by atoms with Gasteiger partial charge in [-0.2, -0.15) is 0 Å². The third kappa shape index (κ3) is 9.79. The molecule has 2 aromatic rings. The highest BCUT2D eigenvalue weighted by Gasteiger charge is 2.35. The van der Waals surface area contributed by atoms with Gasteiger partial charge in [0.15, 0.2) is 0 Å². The Labute approximate surface area is 285 Å². The van der Waals surface area contributed by atoms with Gasteiger partial charge in [-0.1, -0.05) is 146 Å². The van der Waals surface area contributed by atoms with Crippen molar-refractivity contribution >= 4 is 0 Å². The van der Waals surface area contributed by atoms with E-state index in [0.29, 0.717) is 17.4 Å². The third-order valence-electron chi connectivity index (χ3n) is 11.3. The first-order chi connectivity index (χ1) is 21.3. The molecular formula is C44H72O2.